The maximum atomic E-state index is 12.1. The van der Waals surface area contributed by atoms with Crippen LogP contribution in [0.15, 0.2) is 29.2 Å². The van der Waals surface area contributed by atoms with Crippen molar-refractivity contribution in [2.75, 3.05) is 31.1 Å². The number of piperazine rings is 1. The molecule has 0 radical (unpaired) electrons. The van der Waals surface area contributed by atoms with Crippen LogP contribution in [-0.2, 0) is 14.8 Å². The van der Waals surface area contributed by atoms with E-state index in [1.54, 1.807) is 30.9 Å². The van der Waals surface area contributed by atoms with Crippen LogP contribution in [-0.4, -0.2) is 50.9 Å². The zero-order chi connectivity index (χ0) is 16.5. The van der Waals surface area contributed by atoms with E-state index >= 15 is 0 Å². The van der Waals surface area contributed by atoms with Crippen LogP contribution >= 0.6 is 0 Å². The molecule has 7 nitrogen and oxygen atoms in total. The van der Waals surface area contributed by atoms with Crippen molar-refractivity contribution in [1.29, 1.82) is 0 Å². The van der Waals surface area contributed by atoms with Crippen LogP contribution in [0.3, 0.4) is 0 Å². The van der Waals surface area contributed by atoms with Crippen LogP contribution < -0.4 is 15.8 Å². The summed E-state index contributed by atoms with van der Waals surface area (Å²) in [5, 5.41) is 5.08. The first-order valence-corrected chi connectivity index (χ1v) is 8.60. The summed E-state index contributed by atoms with van der Waals surface area (Å²) in [4.78, 5) is 16.1. The maximum Gasteiger partial charge on any atom is 0.242 e. The van der Waals surface area contributed by atoms with Crippen molar-refractivity contribution in [2.45, 2.75) is 24.3 Å². The monoisotopic (exact) mass is 326 g/mol. The Morgan fingerprint density at radius 3 is 2.00 bits per heavy atom. The number of carbonyl (C=O) groups excluding carboxylic acids is 1. The second-order valence-electron chi connectivity index (χ2n) is 6.04. The van der Waals surface area contributed by atoms with Crippen molar-refractivity contribution >= 4 is 21.6 Å². The average molecular weight is 326 g/mol. The molecule has 1 saturated heterocycles. The van der Waals surface area contributed by atoms with Gasteiger partial charge in [0.1, 0.15) is 0 Å². The summed E-state index contributed by atoms with van der Waals surface area (Å²) >= 11 is 0. The van der Waals surface area contributed by atoms with Gasteiger partial charge in [-0.15, -0.1) is 0 Å². The van der Waals surface area contributed by atoms with E-state index in [1.807, 2.05) is 0 Å². The van der Waals surface area contributed by atoms with Gasteiger partial charge in [-0.25, -0.2) is 13.6 Å². The largest absolute Gasteiger partial charge is 0.368 e. The lowest BCUT2D eigenvalue weighted by atomic mass is 10.0. The number of hydrogen-bond acceptors (Lipinski definition) is 5. The van der Waals surface area contributed by atoms with E-state index in [4.69, 9.17) is 10.9 Å². The maximum absolute atomic E-state index is 12.1. The molecule has 0 atom stereocenters. The lowest BCUT2D eigenvalue weighted by Gasteiger charge is -2.38. The topological polar surface area (TPSA) is 110 Å². The van der Waals surface area contributed by atoms with E-state index in [0.717, 1.165) is 5.69 Å². The number of sulfonamides is 1. The first-order valence-electron chi connectivity index (χ1n) is 7.05. The molecule has 0 saturated carbocycles. The second kappa shape index (κ2) is 5.86. The highest BCUT2D eigenvalue weighted by Crippen LogP contribution is 2.19. The van der Waals surface area contributed by atoms with Crippen molar-refractivity contribution in [3.8, 4) is 0 Å². The minimum atomic E-state index is -3.67. The van der Waals surface area contributed by atoms with Crippen LogP contribution in [0.5, 0.6) is 0 Å². The number of amides is 1. The van der Waals surface area contributed by atoms with Gasteiger partial charge in [0, 0.05) is 31.9 Å². The Morgan fingerprint density at radius 1 is 1.09 bits per heavy atom. The van der Waals surface area contributed by atoms with Gasteiger partial charge in [-0.3, -0.25) is 4.79 Å². The normalized spacial score (nSPS) is 16.7. The molecule has 1 aromatic rings. The van der Waals surface area contributed by atoms with E-state index in [0.29, 0.717) is 26.2 Å². The molecular formula is C14H22N4O3S. The van der Waals surface area contributed by atoms with E-state index in [2.05, 4.69) is 4.90 Å². The predicted octanol–water partition coefficient (Wildman–Crippen LogP) is -0.280. The lowest BCUT2D eigenvalue weighted by Crippen LogP contribution is -2.57. The molecule has 122 valence electrons. The van der Waals surface area contributed by atoms with Crippen LogP contribution in [0.25, 0.3) is 0 Å². The summed E-state index contributed by atoms with van der Waals surface area (Å²) in [5.41, 5.74) is 5.89. The number of hydrogen-bond donors (Lipinski definition) is 2. The zero-order valence-corrected chi connectivity index (χ0v) is 13.6. The van der Waals surface area contributed by atoms with Crippen LogP contribution in [0.1, 0.15) is 13.8 Å². The molecule has 4 N–H and O–H groups in total. The van der Waals surface area contributed by atoms with Crippen molar-refractivity contribution in [3.63, 3.8) is 0 Å². The molecule has 1 aromatic carbocycles. The molecule has 0 spiro atoms. The Morgan fingerprint density at radius 2 is 1.59 bits per heavy atom. The third-order valence-electron chi connectivity index (χ3n) is 3.65. The number of primary sulfonamides is 1. The van der Waals surface area contributed by atoms with Gasteiger partial charge in [-0.2, -0.15) is 0 Å². The van der Waals surface area contributed by atoms with Gasteiger partial charge >= 0.3 is 0 Å². The lowest BCUT2D eigenvalue weighted by molar-refractivity contribution is -0.136. The second-order valence-corrected chi connectivity index (χ2v) is 7.60. The SMILES string of the molecule is CC(C)(N)C(=O)N1CCN(c2ccc(S(N)(=O)=O)cc2)CC1. The fourth-order valence-corrected chi connectivity index (χ4v) is 2.94. The Hall–Kier alpha value is -1.64. The summed E-state index contributed by atoms with van der Waals surface area (Å²) in [7, 11) is -3.67. The molecule has 8 heteroatoms. The molecule has 0 unspecified atom stereocenters. The first-order chi connectivity index (χ1) is 10.1. The molecule has 1 heterocycles. The molecule has 22 heavy (non-hydrogen) atoms. The predicted molar refractivity (Wildman–Crippen MR) is 84.9 cm³/mol. The van der Waals surface area contributed by atoms with Gasteiger partial charge in [0.25, 0.3) is 0 Å². The molecule has 1 aliphatic rings. The Balaban J connectivity index is 2.02. The molecule has 1 aliphatic heterocycles. The van der Waals surface area contributed by atoms with Crippen LogP contribution in [0, 0.1) is 0 Å². The fourth-order valence-electron chi connectivity index (χ4n) is 2.42. The number of anilines is 1. The Kier molecular flexibility index (Phi) is 4.46. The highest BCUT2D eigenvalue weighted by Gasteiger charge is 2.30. The van der Waals surface area contributed by atoms with E-state index in [1.165, 1.54) is 12.1 Å². The fraction of sp³-hybridized carbons (Fsp3) is 0.500. The summed E-state index contributed by atoms with van der Waals surface area (Å²) in [6.07, 6.45) is 0. The smallest absolute Gasteiger partial charge is 0.242 e. The first kappa shape index (κ1) is 16.7. The highest BCUT2D eigenvalue weighted by atomic mass is 32.2. The number of benzene rings is 1. The molecule has 0 aliphatic carbocycles. The van der Waals surface area contributed by atoms with Crippen molar-refractivity contribution in [1.82, 2.24) is 4.90 Å². The summed E-state index contributed by atoms with van der Waals surface area (Å²) in [6.45, 7) is 5.95. The number of nitrogens with two attached hydrogens (primary N) is 2. The molecule has 2 rings (SSSR count). The molecule has 1 fully saturated rings. The minimum absolute atomic E-state index is 0.0586. The number of rotatable bonds is 3. The summed E-state index contributed by atoms with van der Waals surface area (Å²) in [5.74, 6) is -0.0586. The zero-order valence-electron chi connectivity index (χ0n) is 12.8. The highest BCUT2D eigenvalue weighted by molar-refractivity contribution is 7.89. The molecule has 0 bridgehead atoms. The standard InChI is InChI=1S/C14H22N4O3S/c1-14(2,15)13(19)18-9-7-17(8-10-18)11-3-5-12(6-4-11)22(16,20)21/h3-6H,7-10,15H2,1-2H3,(H2,16,20,21). The summed E-state index contributed by atoms with van der Waals surface area (Å²) in [6, 6.07) is 6.44. The Bertz CT molecular complexity index is 642. The van der Waals surface area contributed by atoms with E-state index in [9.17, 15) is 13.2 Å². The van der Waals surface area contributed by atoms with E-state index < -0.39 is 15.6 Å². The quantitative estimate of drug-likeness (QED) is 0.794. The average Bonchev–Trinajstić information content (AvgIpc) is 2.45. The molecular weight excluding hydrogens is 304 g/mol. The number of nitrogens with zero attached hydrogens (tertiary/aromatic N) is 2. The van der Waals surface area contributed by atoms with Gasteiger partial charge in [0.15, 0.2) is 0 Å². The summed E-state index contributed by atoms with van der Waals surface area (Å²) < 4.78 is 22.5. The van der Waals surface area contributed by atoms with Crippen molar-refractivity contribution < 1.29 is 13.2 Å². The van der Waals surface area contributed by atoms with Crippen LogP contribution in [0.4, 0.5) is 5.69 Å². The third kappa shape index (κ3) is 3.76. The Labute approximate surface area is 130 Å². The molecule has 0 aromatic heterocycles. The van der Waals surface area contributed by atoms with Crippen molar-refractivity contribution in [3.05, 3.63) is 24.3 Å². The minimum Gasteiger partial charge on any atom is -0.368 e. The van der Waals surface area contributed by atoms with Crippen LogP contribution in [0.2, 0.25) is 0 Å². The van der Waals surface area contributed by atoms with Gasteiger partial charge < -0.3 is 15.5 Å². The van der Waals surface area contributed by atoms with E-state index in [-0.39, 0.29) is 10.8 Å². The third-order valence-corrected chi connectivity index (χ3v) is 4.58. The van der Waals surface area contributed by atoms with Gasteiger partial charge in [-0.1, -0.05) is 0 Å². The molecule has 1 amide bonds. The van der Waals surface area contributed by atoms with Crippen molar-refractivity contribution in [2.24, 2.45) is 10.9 Å². The van der Waals surface area contributed by atoms with Gasteiger partial charge in [0.05, 0.1) is 10.4 Å². The van der Waals surface area contributed by atoms with Gasteiger partial charge in [0.2, 0.25) is 15.9 Å². The van der Waals surface area contributed by atoms with Gasteiger partial charge in [-0.05, 0) is 38.1 Å². The number of carbonyl (C=O) groups is 1.